The number of nitro benzene ring substituents is 1. The number of hydrogen-bond donors (Lipinski definition) is 2. The Balaban J connectivity index is 1.49. The number of hydrogen-bond acceptors (Lipinski definition) is 7. The number of halogens is 1. The molecule has 1 atom stereocenters. The minimum Gasteiger partial charge on any atom is -0.481 e. The summed E-state index contributed by atoms with van der Waals surface area (Å²) in [7, 11) is 0. The van der Waals surface area contributed by atoms with Crippen molar-refractivity contribution >= 4 is 29.2 Å². The normalized spacial score (nSPS) is 14.0. The zero-order chi connectivity index (χ0) is 27.2. The molecule has 1 aliphatic heterocycles. The first kappa shape index (κ1) is 26.2. The number of aliphatic carboxylic acids is 1. The fourth-order valence-corrected chi connectivity index (χ4v) is 4.26. The molecule has 0 saturated carbocycles. The predicted octanol–water partition coefficient (Wildman–Crippen LogP) is 3.04. The SMILES string of the molecule is O=C(O)CC(NC(=O)c1ccc(N2CCN(C(=O)c3cccnc3)CC2)c([N+](=O)[O-])c1)c1ccc(F)cc1. The van der Waals surface area contributed by atoms with Crippen LogP contribution in [0.25, 0.3) is 0 Å². The fourth-order valence-electron chi connectivity index (χ4n) is 4.26. The molecule has 1 aromatic heterocycles. The number of carbonyl (C=O) groups is 3. The third kappa shape index (κ3) is 6.09. The summed E-state index contributed by atoms with van der Waals surface area (Å²) in [4.78, 5) is 55.6. The highest BCUT2D eigenvalue weighted by molar-refractivity contribution is 5.96. The number of piperazine rings is 1. The third-order valence-corrected chi connectivity index (χ3v) is 6.21. The molecule has 1 aliphatic rings. The fraction of sp³-hybridized carbons (Fsp3) is 0.231. The average Bonchev–Trinajstić information content (AvgIpc) is 2.92. The Kier molecular flexibility index (Phi) is 7.90. The first-order valence-corrected chi connectivity index (χ1v) is 11.7. The first-order valence-electron chi connectivity index (χ1n) is 11.7. The van der Waals surface area contributed by atoms with Gasteiger partial charge in [0.15, 0.2) is 0 Å². The molecule has 1 fully saturated rings. The molecule has 1 saturated heterocycles. The lowest BCUT2D eigenvalue weighted by molar-refractivity contribution is -0.384. The standard InChI is InChI=1S/C26H24FN5O6/c27-20-6-3-17(4-7-20)21(15-24(33)34)29-25(35)18-5-8-22(23(14-18)32(37)38)30-10-12-31(13-11-30)26(36)19-2-1-9-28-16-19/h1-9,14,16,21H,10-13,15H2,(H,29,35)(H,33,34). The van der Waals surface area contributed by atoms with Crippen molar-refractivity contribution in [3.05, 3.63) is 99.6 Å². The molecule has 2 heterocycles. The van der Waals surface area contributed by atoms with E-state index in [0.717, 1.165) is 18.2 Å². The minimum atomic E-state index is -1.18. The summed E-state index contributed by atoms with van der Waals surface area (Å²) in [5.41, 5.74) is 0.835. The Morgan fingerprint density at radius 2 is 1.76 bits per heavy atom. The Morgan fingerprint density at radius 1 is 1.05 bits per heavy atom. The largest absolute Gasteiger partial charge is 0.481 e. The summed E-state index contributed by atoms with van der Waals surface area (Å²) in [6, 6.07) is 11.5. The molecule has 0 spiro atoms. The summed E-state index contributed by atoms with van der Waals surface area (Å²) < 4.78 is 13.3. The van der Waals surface area contributed by atoms with Crippen LogP contribution in [0, 0.1) is 15.9 Å². The third-order valence-electron chi connectivity index (χ3n) is 6.21. The number of carboxylic acids is 1. The Hall–Kier alpha value is -4.87. The van der Waals surface area contributed by atoms with Crippen molar-refractivity contribution in [1.29, 1.82) is 0 Å². The van der Waals surface area contributed by atoms with E-state index < -0.39 is 35.1 Å². The second-order valence-electron chi connectivity index (χ2n) is 8.66. The van der Waals surface area contributed by atoms with Gasteiger partial charge >= 0.3 is 5.97 Å². The molecule has 196 valence electrons. The smallest absolute Gasteiger partial charge is 0.305 e. The molecule has 3 aromatic rings. The summed E-state index contributed by atoms with van der Waals surface area (Å²) in [6.45, 7) is 1.40. The number of pyridine rings is 1. The molecule has 2 aromatic carbocycles. The van der Waals surface area contributed by atoms with Crippen molar-refractivity contribution in [2.75, 3.05) is 31.1 Å². The molecule has 2 N–H and O–H groups in total. The minimum absolute atomic E-state index is 0.0247. The summed E-state index contributed by atoms with van der Waals surface area (Å²) in [5.74, 6) is -2.57. The molecule has 1 unspecified atom stereocenters. The average molecular weight is 522 g/mol. The number of nitrogens with zero attached hydrogens (tertiary/aromatic N) is 4. The molecule has 4 rings (SSSR count). The van der Waals surface area contributed by atoms with Crippen molar-refractivity contribution in [2.45, 2.75) is 12.5 Å². The number of benzene rings is 2. The van der Waals surface area contributed by atoms with Crippen molar-refractivity contribution in [3.63, 3.8) is 0 Å². The van der Waals surface area contributed by atoms with Crippen LogP contribution in [0.5, 0.6) is 0 Å². The Labute approximate surface area is 216 Å². The number of rotatable bonds is 8. The highest BCUT2D eigenvalue weighted by atomic mass is 19.1. The maximum absolute atomic E-state index is 13.3. The number of carbonyl (C=O) groups excluding carboxylic acids is 2. The van der Waals surface area contributed by atoms with E-state index in [-0.39, 0.29) is 17.2 Å². The molecular weight excluding hydrogens is 497 g/mol. The van der Waals surface area contributed by atoms with Crippen molar-refractivity contribution < 1.29 is 28.8 Å². The van der Waals surface area contributed by atoms with Crippen LogP contribution >= 0.6 is 0 Å². The van der Waals surface area contributed by atoms with E-state index >= 15 is 0 Å². The summed E-state index contributed by atoms with van der Waals surface area (Å²) >= 11 is 0. The van der Waals surface area contributed by atoms with Crippen molar-refractivity contribution in [2.24, 2.45) is 0 Å². The molecule has 0 bridgehead atoms. The van der Waals surface area contributed by atoms with Crippen molar-refractivity contribution in [1.82, 2.24) is 15.2 Å². The van der Waals surface area contributed by atoms with E-state index in [2.05, 4.69) is 10.3 Å². The summed E-state index contributed by atoms with van der Waals surface area (Å²) in [6.07, 6.45) is 2.60. The van der Waals surface area contributed by atoms with Gasteiger partial charge in [-0.2, -0.15) is 0 Å². The molecular formula is C26H24FN5O6. The Bertz CT molecular complexity index is 1340. The van der Waals surface area contributed by atoms with Gasteiger partial charge in [0.25, 0.3) is 17.5 Å². The van der Waals surface area contributed by atoms with Crippen LogP contribution in [0.15, 0.2) is 67.0 Å². The zero-order valence-corrected chi connectivity index (χ0v) is 20.1. The highest BCUT2D eigenvalue weighted by Gasteiger charge is 2.28. The number of amides is 2. The lowest BCUT2D eigenvalue weighted by Crippen LogP contribution is -2.49. The molecule has 38 heavy (non-hydrogen) atoms. The predicted molar refractivity (Wildman–Crippen MR) is 134 cm³/mol. The van der Waals surface area contributed by atoms with Crippen LogP contribution < -0.4 is 10.2 Å². The molecule has 12 heteroatoms. The zero-order valence-electron chi connectivity index (χ0n) is 20.1. The van der Waals surface area contributed by atoms with Crippen LogP contribution in [-0.2, 0) is 4.79 Å². The van der Waals surface area contributed by atoms with E-state index in [0.29, 0.717) is 43.0 Å². The highest BCUT2D eigenvalue weighted by Crippen LogP contribution is 2.31. The van der Waals surface area contributed by atoms with Gasteiger partial charge in [-0.3, -0.25) is 29.5 Å². The first-order chi connectivity index (χ1) is 18.2. The van der Waals surface area contributed by atoms with Crippen LogP contribution in [0.3, 0.4) is 0 Å². The van der Waals surface area contributed by atoms with Crippen LogP contribution in [0.2, 0.25) is 0 Å². The number of anilines is 1. The van der Waals surface area contributed by atoms with E-state index in [1.807, 2.05) is 0 Å². The van der Waals surface area contributed by atoms with Crippen molar-refractivity contribution in [3.8, 4) is 0 Å². The topological polar surface area (TPSA) is 146 Å². The maximum atomic E-state index is 13.3. The second-order valence-corrected chi connectivity index (χ2v) is 8.66. The van der Waals surface area contributed by atoms with Gasteiger partial charge in [0.05, 0.1) is 22.9 Å². The number of aromatic nitrogens is 1. The lowest BCUT2D eigenvalue weighted by atomic mass is 10.0. The van der Waals surface area contributed by atoms with Gasteiger partial charge in [0.2, 0.25) is 0 Å². The van der Waals surface area contributed by atoms with Gasteiger partial charge in [-0.05, 0) is 42.0 Å². The molecule has 0 radical (unpaired) electrons. The van der Waals surface area contributed by atoms with Gasteiger partial charge in [-0.1, -0.05) is 12.1 Å². The molecule has 11 nitrogen and oxygen atoms in total. The second kappa shape index (κ2) is 11.5. The van der Waals surface area contributed by atoms with E-state index in [4.69, 9.17) is 0 Å². The van der Waals surface area contributed by atoms with E-state index in [1.165, 1.54) is 30.5 Å². The number of carboxylic acid groups (broad SMARTS) is 1. The summed E-state index contributed by atoms with van der Waals surface area (Å²) in [5, 5.41) is 23.7. The Morgan fingerprint density at radius 3 is 2.37 bits per heavy atom. The van der Waals surface area contributed by atoms with Gasteiger partial charge in [-0.15, -0.1) is 0 Å². The quantitative estimate of drug-likeness (QED) is 0.340. The van der Waals surface area contributed by atoms with Crippen LogP contribution in [0.4, 0.5) is 15.8 Å². The number of nitro groups is 1. The lowest BCUT2D eigenvalue weighted by Gasteiger charge is -2.35. The molecule has 2 amide bonds. The van der Waals surface area contributed by atoms with Crippen LogP contribution in [0.1, 0.15) is 38.7 Å². The van der Waals surface area contributed by atoms with Gasteiger partial charge in [0.1, 0.15) is 11.5 Å². The van der Waals surface area contributed by atoms with E-state index in [9.17, 15) is 34.0 Å². The van der Waals surface area contributed by atoms with Crippen LogP contribution in [-0.4, -0.2) is 63.9 Å². The van der Waals surface area contributed by atoms with Gasteiger partial charge in [0, 0.05) is 50.2 Å². The maximum Gasteiger partial charge on any atom is 0.305 e. The monoisotopic (exact) mass is 521 g/mol. The number of nitrogens with one attached hydrogen (secondary N) is 1. The van der Waals surface area contributed by atoms with Gasteiger partial charge in [-0.25, -0.2) is 4.39 Å². The van der Waals surface area contributed by atoms with Gasteiger partial charge < -0.3 is 20.2 Å². The van der Waals surface area contributed by atoms with E-state index in [1.54, 1.807) is 28.1 Å². The molecule has 0 aliphatic carbocycles.